The molecule has 0 unspecified atom stereocenters. The van der Waals surface area contributed by atoms with Crippen molar-refractivity contribution in [2.24, 2.45) is 0 Å². The summed E-state index contributed by atoms with van der Waals surface area (Å²) in [7, 11) is 0. The Morgan fingerprint density at radius 2 is 2.06 bits per heavy atom. The summed E-state index contributed by atoms with van der Waals surface area (Å²) in [5, 5.41) is 6.48. The van der Waals surface area contributed by atoms with Crippen LogP contribution in [0.3, 0.4) is 0 Å². The van der Waals surface area contributed by atoms with E-state index < -0.39 is 0 Å². The zero-order valence-corrected chi connectivity index (χ0v) is 11.0. The van der Waals surface area contributed by atoms with Gasteiger partial charge in [-0.15, -0.1) is 0 Å². The lowest BCUT2D eigenvalue weighted by Gasteiger charge is -2.29. The van der Waals surface area contributed by atoms with E-state index in [4.69, 9.17) is 4.42 Å². The fraction of sp³-hybridized carbons (Fsp3) is 0.692. The van der Waals surface area contributed by atoms with E-state index in [2.05, 4.69) is 22.5 Å². The van der Waals surface area contributed by atoms with Crippen LogP contribution in [0.25, 0.3) is 0 Å². The van der Waals surface area contributed by atoms with Crippen LogP contribution in [0.4, 0.5) is 0 Å². The predicted molar refractivity (Wildman–Crippen MR) is 68.4 cm³/mol. The molecule has 0 bridgehead atoms. The molecule has 5 heteroatoms. The van der Waals surface area contributed by atoms with E-state index >= 15 is 0 Å². The average Bonchev–Trinajstić information content (AvgIpc) is 2.78. The molecule has 0 aromatic carbocycles. The van der Waals surface area contributed by atoms with Gasteiger partial charge in [0.05, 0.1) is 5.69 Å². The van der Waals surface area contributed by atoms with Crippen molar-refractivity contribution >= 4 is 5.91 Å². The summed E-state index contributed by atoms with van der Waals surface area (Å²) < 4.78 is 5.09. The maximum atomic E-state index is 11.9. The molecule has 0 radical (unpaired) electrons. The molecule has 1 amide bonds. The molecule has 2 rings (SSSR count). The molecule has 5 nitrogen and oxygen atoms in total. The van der Waals surface area contributed by atoms with Gasteiger partial charge in [-0.05, 0) is 39.2 Å². The Hall–Kier alpha value is -1.36. The third-order valence-corrected chi connectivity index (χ3v) is 3.51. The average molecular weight is 251 g/mol. The first kappa shape index (κ1) is 13.1. The first-order chi connectivity index (χ1) is 8.70. The van der Waals surface area contributed by atoms with Crippen LogP contribution >= 0.6 is 0 Å². The van der Waals surface area contributed by atoms with Crippen LogP contribution in [0.1, 0.15) is 48.9 Å². The van der Waals surface area contributed by atoms with Crippen molar-refractivity contribution in [3.8, 4) is 0 Å². The minimum Gasteiger partial charge on any atom is -0.438 e. The van der Waals surface area contributed by atoms with E-state index in [9.17, 15) is 4.79 Å². The van der Waals surface area contributed by atoms with Gasteiger partial charge in [-0.1, -0.05) is 6.92 Å². The molecule has 1 saturated carbocycles. The molecule has 2 N–H and O–H groups in total. The van der Waals surface area contributed by atoms with Crippen molar-refractivity contribution in [3.63, 3.8) is 0 Å². The van der Waals surface area contributed by atoms with E-state index in [1.807, 2.05) is 0 Å². The Bertz CT molecular complexity index is 395. The van der Waals surface area contributed by atoms with E-state index in [1.54, 1.807) is 6.92 Å². The van der Waals surface area contributed by atoms with Crippen molar-refractivity contribution in [1.82, 2.24) is 15.6 Å². The topological polar surface area (TPSA) is 67.2 Å². The molecule has 0 saturated heterocycles. The largest absolute Gasteiger partial charge is 0.438 e. The number of aromatic nitrogens is 1. The minimum absolute atomic E-state index is 0.142. The number of hydrogen-bond donors (Lipinski definition) is 2. The first-order valence-corrected chi connectivity index (χ1v) is 6.65. The van der Waals surface area contributed by atoms with Gasteiger partial charge in [-0.2, -0.15) is 0 Å². The molecular formula is C13H21N3O2. The van der Waals surface area contributed by atoms with Gasteiger partial charge >= 0.3 is 0 Å². The van der Waals surface area contributed by atoms with Crippen LogP contribution in [0, 0.1) is 6.92 Å². The SMILES string of the molecule is CCNC1CCC(NC(=O)c2ocnc2C)CC1. The van der Waals surface area contributed by atoms with Crippen LogP contribution in [0.2, 0.25) is 0 Å². The second-order valence-corrected chi connectivity index (χ2v) is 4.85. The molecule has 1 fully saturated rings. The highest BCUT2D eigenvalue weighted by Gasteiger charge is 2.23. The van der Waals surface area contributed by atoms with Gasteiger partial charge in [0.1, 0.15) is 0 Å². The molecule has 18 heavy (non-hydrogen) atoms. The van der Waals surface area contributed by atoms with Gasteiger partial charge in [0.15, 0.2) is 6.39 Å². The van der Waals surface area contributed by atoms with Gasteiger partial charge in [-0.25, -0.2) is 4.98 Å². The maximum absolute atomic E-state index is 11.9. The summed E-state index contributed by atoms with van der Waals surface area (Å²) in [6.45, 7) is 4.92. The second kappa shape index (κ2) is 6.00. The van der Waals surface area contributed by atoms with E-state index in [0.29, 0.717) is 17.5 Å². The standard InChI is InChI=1S/C13H21N3O2/c1-3-14-10-4-6-11(7-5-10)16-13(17)12-9(2)15-8-18-12/h8,10-11,14H,3-7H2,1-2H3,(H,16,17). The Kier molecular flexibility index (Phi) is 4.36. The smallest absolute Gasteiger partial charge is 0.289 e. The summed E-state index contributed by atoms with van der Waals surface area (Å²) in [5.74, 6) is 0.195. The molecule has 1 aromatic rings. The van der Waals surface area contributed by atoms with Crippen molar-refractivity contribution < 1.29 is 9.21 Å². The highest BCUT2D eigenvalue weighted by atomic mass is 16.3. The molecule has 1 aliphatic rings. The summed E-state index contributed by atoms with van der Waals surface area (Å²) >= 11 is 0. The van der Waals surface area contributed by atoms with E-state index in [-0.39, 0.29) is 11.9 Å². The number of hydrogen-bond acceptors (Lipinski definition) is 4. The fourth-order valence-corrected chi connectivity index (χ4v) is 2.50. The van der Waals surface area contributed by atoms with Gasteiger partial charge in [0, 0.05) is 12.1 Å². The van der Waals surface area contributed by atoms with Crippen molar-refractivity contribution in [2.45, 2.75) is 51.6 Å². The summed E-state index contributed by atoms with van der Waals surface area (Å²) in [6.07, 6.45) is 5.60. The Balaban J connectivity index is 1.81. The number of nitrogens with zero attached hydrogens (tertiary/aromatic N) is 1. The third kappa shape index (κ3) is 3.10. The number of carbonyl (C=O) groups is 1. The van der Waals surface area contributed by atoms with Gasteiger partial charge < -0.3 is 15.1 Å². The first-order valence-electron chi connectivity index (χ1n) is 6.65. The lowest BCUT2D eigenvalue weighted by Crippen LogP contribution is -2.42. The van der Waals surface area contributed by atoms with Crippen LogP contribution in [-0.2, 0) is 0 Å². The van der Waals surface area contributed by atoms with Crippen LogP contribution < -0.4 is 10.6 Å². The molecule has 0 atom stereocenters. The zero-order chi connectivity index (χ0) is 13.0. The number of aryl methyl sites for hydroxylation is 1. The lowest BCUT2D eigenvalue weighted by atomic mass is 9.91. The highest BCUT2D eigenvalue weighted by molar-refractivity contribution is 5.92. The molecule has 0 spiro atoms. The number of oxazole rings is 1. The maximum Gasteiger partial charge on any atom is 0.289 e. The number of amides is 1. The van der Waals surface area contributed by atoms with Crippen LogP contribution in [0.5, 0.6) is 0 Å². The molecule has 0 aliphatic heterocycles. The third-order valence-electron chi connectivity index (χ3n) is 3.51. The van der Waals surface area contributed by atoms with Gasteiger partial charge in [-0.3, -0.25) is 4.79 Å². The Morgan fingerprint density at radius 1 is 1.39 bits per heavy atom. The number of rotatable bonds is 4. The molecular weight excluding hydrogens is 230 g/mol. The normalized spacial score (nSPS) is 23.9. The summed E-state index contributed by atoms with van der Waals surface area (Å²) in [5.41, 5.74) is 0.647. The number of nitrogens with one attached hydrogen (secondary N) is 2. The van der Waals surface area contributed by atoms with E-state index in [0.717, 1.165) is 32.2 Å². The van der Waals surface area contributed by atoms with Gasteiger partial charge in [0.25, 0.3) is 5.91 Å². The summed E-state index contributed by atoms with van der Waals surface area (Å²) in [6, 6.07) is 0.868. The molecule has 1 aliphatic carbocycles. The lowest BCUT2D eigenvalue weighted by molar-refractivity contribution is 0.0895. The molecule has 1 aromatic heterocycles. The zero-order valence-electron chi connectivity index (χ0n) is 11.0. The second-order valence-electron chi connectivity index (χ2n) is 4.85. The monoisotopic (exact) mass is 251 g/mol. The van der Waals surface area contributed by atoms with E-state index in [1.165, 1.54) is 6.39 Å². The summed E-state index contributed by atoms with van der Waals surface area (Å²) in [4.78, 5) is 15.9. The molecule has 100 valence electrons. The Morgan fingerprint density at radius 3 is 2.61 bits per heavy atom. The quantitative estimate of drug-likeness (QED) is 0.853. The van der Waals surface area contributed by atoms with Crippen molar-refractivity contribution in [1.29, 1.82) is 0 Å². The minimum atomic E-state index is -0.142. The molecule has 1 heterocycles. The van der Waals surface area contributed by atoms with Crippen molar-refractivity contribution in [3.05, 3.63) is 17.8 Å². The van der Waals surface area contributed by atoms with Crippen LogP contribution in [0.15, 0.2) is 10.8 Å². The van der Waals surface area contributed by atoms with Gasteiger partial charge in [0.2, 0.25) is 5.76 Å². The van der Waals surface area contributed by atoms with Crippen molar-refractivity contribution in [2.75, 3.05) is 6.54 Å². The Labute approximate surface area is 107 Å². The van der Waals surface area contributed by atoms with Crippen LogP contribution in [-0.4, -0.2) is 29.5 Å². The predicted octanol–water partition coefficient (Wildman–Crippen LogP) is 1.63. The fourth-order valence-electron chi connectivity index (χ4n) is 2.50. The number of carbonyl (C=O) groups excluding carboxylic acids is 1. The highest BCUT2D eigenvalue weighted by Crippen LogP contribution is 2.19.